The number of hydrogen-bond acceptors (Lipinski definition) is 2. The van der Waals surface area contributed by atoms with E-state index in [1.54, 1.807) is 24.3 Å². The lowest BCUT2D eigenvalue weighted by Crippen LogP contribution is -2.23. The summed E-state index contributed by atoms with van der Waals surface area (Å²) in [6.07, 6.45) is 0.872. The van der Waals surface area contributed by atoms with Crippen LogP contribution in [-0.4, -0.2) is 12.5 Å². The molecule has 0 saturated heterocycles. The summed E-state index contributed by atoms with van der Waals surface area (Å²) in [4.78, 5) is 11.6. The highest BCUT2D eigenvalue weighted by molar-refractivity contribution is 5.92. The second-order valence-electron chi connectivity index (χ2n) is 3.93. The number of halogens is 1. The maximum absolute atomic E-state index is 12.8. The highest BCUT2D eigenvalue weighted by Crippen LogP contribution is 2.22. The Kier molecular flexibility index (Phi) is 3.77. The van der Waals surface area contributed by atoms with Gasteiger partial charge in [-0.15, -0.1) is 0 Å². The summed E-state index contributed by atoms with van der Waals surface area (Å²) in [7, 11) is 0. The van der Waals surface area contributed by atoms with Crippen LogP contribution in [0.4, 0.5) is 4.39 Å². The predicted octanol–water partition coefficient (Wildman–Crippen LogP) is 3.23. The molecule has 0 aliphatic rings. The fraction of sp³-hybridized carbons (Fsp3) is 0.214. The molecule has 1 N–H and O–H groups in total. The van der Waals surface area contributed by atoms with Gasteiger partial charge in [-0.05, 0) is 42.8 Å². The number of carbonyl (C=O) groups excluding carboxylic acids is 1. The molecule has 1 heterocycles. The second-order valence-corrected chi connectivity index (χ2v) is 3.93. The van der Waals surface area contributed by atoms with Gasteiger partial charge in [0, 0.05) is 12.1 Å². The van der Waals surface area contributed by atoms with Crippen LogP contribution in [0.2, 0.25) is 0 Å². The Hall–Kier alpha value is -2.10. The lowest BCUT2D eigenvalue weighted by atomic mass is 10.2. The van der Waals surface area contributed by atoms with Crippen LogP contribution < -0.4 is 5.32 Å². The number of hydrogen-bond donors (Lipinski definition) is 1. The van der Waals surface area contributed by atoms with E-state index in [9.17, 15) is 9.18 Å². The fourth-order valence-electron chi connectivity index (χ4n) is 1.55. The van der Waals surface area contributed by atoms with Crippen molar-refractivity contribution in [3.05, 3.63) is 48.0 Å². The number of nitrogens with one attached hydrogen (secondary N) is 1. The molecule has 0 fully saturated rings. The predicted molar refractivity (Wildman–Crippen MR) is 66.7 cm³/mol. The van der Waals surface area contributed by atoms with Gasteiger partial charge in [0.2, 0.25) is 0 Å². The van der Waals surface area contributed by atoms with Crippen molar-refractivity contribution in [1.82, 2.24) is 5.32 Å². The molecular weight excluding hydrogens is 233 g/mol. The van der Waals surface area contributed by atoms with Gasteiger partial charge in [-0.2, -0.15) is 0 Å². The van der Waals surface area contributed by atoms with Gasteiger partial charge in [0.25, 0.3) is 5.91 Å². The van der Waals surface area contributed by atoms with Crippen LogP contribution in [0.3, 0.4) is 0 Å². The highest BCUT2D eigenvalue weighted by Gasteiger charge is 2.11. The monoisotopic (exact) mass is 247 g/mol. The minimum Gasteiger partial charge on any atom is -0.451 e. The molecule has 0 atom stereocenters. The number of benzene rings is 1. The molecule has 0 aliphatic carbocycles. The Bertz CT molecular complexity index is 531. The van der Waals surface area contributed by atoms with E-state index in [0.717, 1.165) is 12.0 Å². The van der Waals surface area contributed by atoms with Gasteiger partial charge in [-0.3, -0.25) is 4.79 Å². The third-order valence-corrected chi connectivity index (χ3v) is 2.49. The first-order valence-corrected chi connectivity index (χ1v) is 5.84. The molecule has 1 aromatic heterocycles. The number of carbonyl (C=O) groups is 1. The van der Waals surface area contributed by atoms with Crippen LogP contribution in [0.1, 0.15) is 23.9 Å². The van der Waals surface area contributed by atoms with Gasteiger partial charge < -0.3 is 9.73 Å². The van der Waals surface area contributed by atoms with Crippen molar-refractivity contribution in [1.29, 1.82) is 0 Å². The van der Waals surface area contributed by atoms with E-state index >= 15 is 0 Å². The zero-order chi connectivity index (χ0) is 13.0. The zero-order valence-corrected chi connectivity index (χ0v) is 10.1. The molecule has 4 heteroatoms. The average Bonchev–Trinajstić information content (AvgIpc) is 2.86. The molecule has 1 amide bonds. The van der Waals surface area contributed by atoms with Gasteiger partial charge in [0.1, 0.15) is 11.6 Å². The van der Waals surface area contributed by atoms with E-state index < -0.39 is 0 Å². The average molecular weight is 247 g/mol. The number of furan rings is 1. The Morgan fingerprint density at radius 2 is 1.94 bits per heavy atom. The summed E-state index contributed by atoms with van der Waals surface area (Å²) in [6.45, 7) is 2.60. The summed E-state index contributed by atoms with van der Waals surface area (Å²) in [5.41, 5.74) is 0.742. The SMILES string of the molecule is CCCNC(=O)c1ccc(-c2ccc(F)cc2)o1. The fourth-order valence-corrected chi connectivity index (χ4v) is 1.55. The lowest BCUT2D eigenvalue weighted by molar-refractivity contribution is 0.0927. The second kappa shape index (κ2) is 5.49. The molecule has 0 bridgehead atoms. The minimum absolute atomic E-state index is 0.231. The van der Waals surface area contributed by atoms with Crippen molar-refractivity contribution < 1.29 is 13.6 Å². The Balaban J connectivity index is 2.15. The van der Waals surface area contributed by atoms with Gasteiger partial charge in [0.05, 0.1) is 0 Å². The molecule has 0 saturated carbocycles. The third-order valence-electron chi connectivity index (χ3n) is 2.49. The van der Waals surface area contributed by atoms with Crippen LogP contribution in [0.25, 0.3) is 11.3 Å². The summed E-state index contributed by atoms with van der Waals surface area (Å²) in [5.74, 6) is 0.288. The van der Waals surface area contributed by atoms with E-state index in [0.29, 0.717) is 12.3 Å². The quantitative estimate of drug-likeness (QED) is 0.901. The normalized spacial score (nSPS) is 10.3. The molecule has 3 nitrogen and oxygen atoms in total. The van der Waals surface area contributed by atoms with E-state index in [1.165, 1.54) is 12.1 Å². The van der Waals surface area contributed by atoms with Crippen molar-refractivity contribution in [3.8, 4) is 11.3 Å². The van der Waals surface area contributed by atoms with E-state index in [2.05, 4.69) is 5.32 Å². The molecule has 18 heavy (non-hydrogen) atoms. The smallest absolute Gasteiger partial charge is 0.287 e. The summed E-state index contributed by atoms with van der Waals surface area (Å²) >= 11 is 0. The Morgan fingerprint density at radius 3 is 2.61 bits per heavy atom. The van der Waals surface area contributed by atoms with Crippen molar-refractivity contribution >= 4 is 5.91 Å². The standard InChI is InChI=1S/C14H14FNO2/c1-2-9-16-14(17)13-8-7-12(18-13)10-3-5-11(15)6-4-10/h3-8H,2,9H2,1H3,(H,16,17). The third kappa shape index (κ3) is 2.77. The molecule has 94 valence electrons. The molecular formula is C14H14FNO2. The first-order chi connectivity index (χ1) is 8.70. The van der Waals surface area contributed by atoms with E-state index in [1.807, 2.05) is 6.92 Å². The van der Waals surface area contributed by atoms with Gasteiger partial charge in [0.15, 0.2) is 5.76 Å². The molecule has 0 aliphatic heterocycles. The van der Waals surface area contributed by atoms with Crippen LogP contribution in [0.5, 0.6) is 0 Å². The molecule has 0 unspecified atom stereocenters. The first-order valence-electron chi connectivity index (χ1n) is 5.84. The van der Waals surface area contributed by atoms with E-state index in [4.69, 9.17) is 4.42 Å². The topological polar surface area (TPSA) is 42.2 Å². The largest absolute Gasteiger partial charge is 0.451 e. The van der Waals surface area contributed by atoms with Crippen molar-refractivity contribution in [3.63, 3.8) is 0 Å². The van der Waals surface area contributed by atoms with Gasteiger partial charge in [-0.1, -0.05) is 6.92 Å². The lowest BCUT2D eigenvalue weighted by Gasteiger charge is -2.00. The van der Waals surface area contributed by atoms with Gasteiger partial charge >= 0.3 is 0 Å². The summed E-state index contributed by atoms with van der Waals surface area (Å²) in [6, 6.07) is 9.25. The van der Waals surface area contributed by atoms with Crippen LogP contribution >= 0.6 is 0 Å². The summed E-state index contributed by atoms with van der Waals surface area (Å²) in [5, 5.41) is 2.73. The van der Waals surface area contributed by atoms with Crippen LogP contribution in [0.15, 0.2) is 40.8 Å². The minimum atomic E-state index is -0.300. The van der Waals surface area contributed by atoms with Crippen molar-refractivity contribution in [2.75, 3.05) is 6.54 Å². The molecule has 0 spiro atoms. The number of amides is 1. The molecule has 2 aromatic rings. The maximum Gasteiger partial charge on any atom is 0.287 e. The summed E-state index contributed by atoms with van der Waals surface area (Å²) < 4.78 is 18.2. The van der Waals surface area contributed by atoms with E-state index in [-0.39, 0.29) is 17.5 Å². The molecule has 1 aromatic carbocycles. The highest BCUT2D eigenvalue weighted by atomic mass is 19.1. The first kappa shape index (κ1) is 12.4. The van der Waals surface area contributed by atoms with Crippen LogP contribution in [-0.2, 0) is 0 Å². The molecule has 0 radical (unpaired) electrons. The number of rotatable bonds is 4. The van der Waals surface area contributed by atoms with Gasteiger partial charge in [-0.25, -0.2) is 4.39 Å². The molecule has 2 rings (SSSR count). The Morgan fingerprint density at radius 1 is 1.22 bits per heavy atom. The Labute approximate surface area is 105 Å². The van der Waals surface area contributed by atoms with Crippen LogP contribution in [0, 0.1) is 5.82 Å². The van der Waals surface area contributed by atoms with Crippen molar-refractivity contribution in [2.24, 2.45) is 0 Å². The zero-order valence-electron chi connectivity index (χ0n) is 10.1. The van der Waals surface area contributed by atoms with Crippen molar-refractivity contribution in [2.45, 2.75) is 13.3 Å². The maximum atomic E-state index is 12.8.